The molecule has 0 radical (unpaired) electrons. The SMILES string of the molecule is CC.C[C-](S)c1ccc(C(C)C)cc1.[Rf]. The predicted octanol–water partition coefficient (Wildman–Crippen LogP) is 4.67. The fraction of sp³-hybridized carbons (Fsp3) is 0.462. The molecule has 0 bridgehead atoms. The van der Waals surface area contributed by atoms with Crippen LogP contribution in [-0.2, 0) is 0 Å². The fourth-order valence-corrected chi connectivity index (χ4v) is 1.26. The quantitative estimate of drug-likeness (QED) is 0.466. The maximum Gasteiger partial charge on any atom is 0 e. The summed E-state index contributed by atoms with van der Waals surface area (Å²) in [6.07, 6.45) is 0. The number of benzene rings is 1. The van der Waals surface area contributed by atoms with E-state index in [2.05, 4.69) is 50.7 Å². The van der Waals surface area contributed by atoms with Crippen molar-refractivity contribution in [2.75, 3.05) is 0 Å². The second-order valence-electron chi connectivity index (χ2n) is 3.36. The molecule has 0 unspecified atom stereocenters. The summed E-state index contributed by atoms with van der Waals surface area (Å²) in [5.41, 5.74) is 2.59. The fourth-order valence-electron chi connectivity index (χ4n) is 1.11. The molecule has 15 heavy (non-hydrogen) atoms. The Morgan fingerprint density at radius 2 is 1.47 bits per heavy atom. The van der Waals surface area contributed by atoms with Crippen LogP contribution in [0.4, 0.5) is 0 Å². The molecule has 82 valence electrons. The van der Waals surface area contributed by atoms with Crippen LogP contribution in [0.15, 0.2) is 24.3 Å². The Morgan fingerprint density at radius 3 is 1.73 bits per heavy atom. The summed E-state index contributed by atoms with van der Waals surface area (Å²) in [7, 11) is 0. The second-order valence-corrected chi connectivity index (χ2v) is 4.03. The molecule has 0 saturated carbocycles. The van der Waals surface area contributed by atoms with Crippen LogP contribution in [0.25, 0.3) is 0 Å². The number of thiol groups is 1. The van der Waals surface area contributed by atoms with E-state index in [0.29, 0.717) is 5.92 Å². The topological polar surface area (TPSA) is 0 Å². The van der Waals surface area contributed by atoms with E-state index in [1.807, 2.05) is 20.8 Å². The third kappa shape index (κ3) is 5.02. The van der Waals surface area contributed by atoms with Crippen LogP contribution in [0.5, 0.6) is 0 Å². The third-order valence-corrected chi connectivity index (χ3v) is 2.25. The molecule has 0 amide bonds. The summed E-state index contributed by atoms with van der Waals surface area (Å²) in [5.74, 6) is 0.610. The van der Waals surface area contributed by atoms with E-state index in [0.717, 1.165) is 5.25 Å². The zero-order valence-electron chi connectivity index (χ0n) is 10.5. The molecule has 0 heterocycles. The van der Waals surface area contributed by atoms with E-state index in [1.165, 1.54) is 11.1 Å². The monoisotopic (exact) mass is 476 g/mol. The molecule has 1 aromatic rings. The molecule has 1 aromatic carbocycles. The van der Waals surface area contributed by atoms with Crippen molar-refractivity contribution in [2.24, 2.45) is 0 Å². The molecule has 0 aliphatic rings. The van der Waals surface area contributed by atoms with Gasteiger partial charge in [0.2, 0.25) is 0 Å². The van der Waals surface area contributed by atoms with Crippen molar-refractivity contribution < 1.29 is 0 Å². The summed E-state index contributed by atoms with van der Waals surface area (Å²) < 4.78 is 0. The van der Waals surface area contributed by atoms with Crippen molar-refractivity contribution in [1.29, 1.82) is 0 Å². The Kier molecular flexibility index (Phi) is 8.27. The first kappa shape index (κ1) is 15.9. The smallest absolute Gasteiger partial charge is 0 e. The largest absolute Gasteiger partial charge is 0.217 e. The summed E-state index contributed by atoms with van der Waals surface area (Å²) >= 11 is 4.29. The minimum Gasteiger partial charge on any atom is -0.217 e. The van der Waals surface area contributed by atoms with E-state index in [-0.39, 0.29) is 0 Å². The summed E-state index contributed by atoms with van der Waals surface area (Å²) in [5, 5.41) is 1.07. The van der Waals surface area contributed by atoms with Crippen molar-refractivity contribution in [3.63, 3.8) is 0 Å². The van der Waals surface area contributed by atoms with E-state index < -0.39 is 0 Å². The van der Waals surface area contributed by atoms with Crippen molar-refractivity contribution in [1.82, 2.24) is 0 Å². The Bertz CT molecular complexity index is 212. The van der Waals surface area contributed by atoms with Gasteiger partial charge in [0.15, 0.2) is 0 Å². The Balaban J connectivity index is 0. The summed E-state index contributed by atoms with van der Waals surface area (Å²) in [6, 6.07) is 8.58. The van der Waals surface area contributed by atoms with Gasteiger partial charge in [-0.05, 0) is 5.92 Å². The Morgan fingerprint density at radius 1 is 1.07 bits per heavy atom. The normalized spacial score (nSPS) is 8.73. The molecule has 0 aromatic heterocycles. The Labute approximate surface area is 94.1 Å². The molecule has 0 saturated heterocycles. The van der Waals surface area contributed by atoms with Gasteiger partial charge in [0.25, 0.3) is 0 Å². The van der Waals surface area contributed by atoms with E-state index >= 15 is 0 Å². The minimum absolute atomic E-state index is 0. The van der Waals surface area contributed by atoms with Gasteiger partial charge in [0, 0.05) is 0 Å². The number of hydrogen-bond acceptors (Lipinski definition) is 1. The zero-order chi connectivity index (χ0) is 11.1. The molecule has 0 atom stereocenters. The van der Waals surface area contributed by atoms with Crippen molar-refractivity contribution >= 4 is 12.6 Å². The molecule has 0 fully saturated rings. The average Bonchev–Trinajstić information content (AvgIpc) is 2.21. The van der Waals surface area contributed by atoms with E-state index in [1.54, 1.807) is 0 Å². The van der Waals surface area contributed by atoms with E-state index in [9.17, 15) is 0 Å². The molecular formula is C13H21RfS-. The van der Waals surface area contributed by atoms with Gasteiger partial charge in [0.1, 0.15) is 0 Å². The maximum absolute atomic E-state index is 4.29. The van der Waals surface area contributed by atoms with Crippen LogP contribution in [0, 0.1) is 5.25 Å². The number of rotatable bonds is 2. The van der Waals surface area contributed by atoms with Gasteiger partial charge in [-0.25, -0.2) is 12.6 Å². The summed E-state index contributed by atoms with van der Waals surface area (Å²) in [6.45, 7) is 10.4. The van der Waals surface area contributed by atoms with Gasteiger partial charge in [0.05, 0.1) is 0 Å². The molecule has 0 spiro atoms. The predicted molar refractivity (Wildman–Crippen MR) is 68.9 cm³/mol. The Hall–Kier alpha value is -1.56. The van der Waals surface area contributed by atoms with Gasteiger partial charge < -0.3 is 0 Å². The first-order chi connectivity index (χ1) is 6.61. The first-order valence-corrected chi connectivity index (χ1v) is 5.69. The van der Waals surface area contributed by atoms with Gasteiger partial charge in [-0.1, -0.05) is 40.2 Å². The molecule has 2 heteroatoms. The van der Waals surface area contributed by atoms with Crippen LogP contribution in [0.1, 0.15) is 51.7 Å². The molecule has 0 N–H and O–H groups in total. The van der Waals surface area contributed by atoms with Crippen LogP contribution in [0.3, 0.4) is 0 Å². The van der Waals surface area contributed by atoms with Crippen LogP contribution in [-0.4, -0.2) is 0 Å². The van der Waals surface area contributed by atoms with Gasteiger partial charge in [-0.3, -0.25) is 0 Å². The molecular weight excluding hydrogens is 455 g/mol. The molecule has 0 aliphatic carbocycles. The standard InChI is InChI=1S/C11H15S.C2H6.Rf/c1-8(2)10-4-6-11(7-5-10)9(3)12;1-2;/h4-8,12H,1-3H3;1-2H3;/q-1;;. The number of hydrogen-bond donors (Lipinski definition) is 1. The molecule has 0 aliphatic heterocycles. The van der Waals surface area contributed by atoms with E-state index in [4.69, 9.17) is 0 Å². The third-order valence-electron chi connectivity index (χ3n) is 2.00. The van der Waals surface area contributed by atoms with Gasteiger partial charge >= 0.3 is 0 Å². The van der Waals surface area contributed by atoms with Crippen LogP contribution >= 0.6 is 12.6 Å². The maximum atomic E-state index is 4.29. The van der Waals surface area contributed by atoms with Crippen molar-refractivity contribution in [2.45, 2.75) is 40.5 Å². The second kappa shape index (κ2) is 7.81. The van der Waals surface area contributed by atoms with Crippen molar-refractivity contribution in [3.8, 4) is 0 Å². The van der Waals surface area contributed by atoms with Crippen molar-refractivity contribution in [3.05, 3.63) is 40.6 Å². The van der Waals surface area contributed by atoms with Crippen LogP contribution in [0.2, 0.25) is 0 Å². The van der Waals surface area contributed by atoms with Gasteiger partial charge in [-0.2, -0.15) is 17.7 Å². The zero-order valence-corrected chi connectivity index (χ0v) is 17.8. The van der Waals surface area contributed by atoms with Crippen LogP contribution < -0.4 is 0 Å². The molecule has 0 nitrogen and oxygen atoms in total. The molecule has 1 rings (SSSR count). The average molecular weight is 476 g/mol. The summed E-state index contributed by atoms with van der Waals surface area (Å²) in [4.78, 5) is 0. The minimum atomic E-state index is 0. The van der Waals surface area contributed by atoms with Gasteiger partial charge in [-0.15, -0.1) is 17.4 Å². The first-order valence-electron chi connectivity index (χ1n) is 5.24.